The van der Waals surface area contributed by atoms with Crippen molar-refractivity contribution in [1.29, 1.82) is 0 Å². The lowest BCUT2D eigenvalue weighted by Crippen LogP contribution is -2.07. The van der Waals surface area contributed by atoms with Gasteiger partial charge in [0.25, 0.3) is 0 Å². The molecule has 0 unspecified atom stereocenters. The van der Waals surface area contributed by atoms with Crippen LogP contribution in [0.3, 0.4) is 0 Å². The van der Waals surface area contributed by atoms with Gasteiger partial charge < -0.3 is 14.4 Å². The van der Waals surface area contributed by atoms with Crippen molar-refractivity contribution in [1.82, 2.24) is 4.90 Å². The Balaban J connectivity index is 0.000000838. The minimum absolute atomic E-state index is 0.0660. The van der Waals surface area contributed by atoms with Crippen LogP contribution in [0, 0.1) is 24.4 Å². The smallest absolute Gasteiger partial charge is 0.209 e. The van der Waals surface area contributed by atoms with E-state index in [1.54, 1.807) is 21.0 Å². The Morgan fingerprint density at radius 2 is 1.56 bits per heavy atom. The van der Waals surface area contributed by atoms with Gasteiger partial charge in [0.05, 0.1) is 0 Å². The maximum absolute atomic E-state index is 14.1. The second kappa shape index (κ2) is 12.5. The fourth-order valence-corrected chi connectivity index (χ4v) is 2.01. The van der Waals surface area contributed by atoms with Gasteiger partial charge in [-0.2, -0.15) is 0 Å². The van der Waals surface area contributed by atoms with E-state index in [0.29, 0.717) is 0 Å². The molecule has 0 N–H and O–H groups in total. The van der Waals surface area contributed by atoms with E-state index in [-0.39, 0.29) is 29.9 Å². The summed E-state index contributed by atoms with van der Waals surface area (Å²) in [5, 5.41) is 0. The Hall–Kier alpha value is -2.83. The molecule has 0 heterocycles. The topological polar surface area (TPSA) is 46.6 Å². The largest absolute Gasteiger partial charge is 0.485 e. The van der Waals surface area contributed by atoms with Crippen LogP contribution in [0.4, 0.5) is 13.2 Å². The minimum Gasteiger partial charge on any atom is -0.485 e. The SMILES string of the molecule is C=O.CCc1c(F)c(F)c(C)c(OCc2ccccc2)c1F.CN(C)C=O. The highest BCUT2D eigenvalue weighted by molar-refractivity contribution is 5.45. The first kappa shape index (κ1) is 24.2. The molecule has 0 aliphatic rings. The summed E-state index contributed by atoms with van der Waals surface area (Å²) in [7, 11) is 3.38. The zero-order valence-electron chi connectivity index (χ0n) is 15.9. The van der Waals surface area contributed by atoms with Crippen molar-refractivity contribution in [2.45, 2.75) is 26.9 Å². The quantitative estimate of drug-likeness (QED) is 0.578. The summed E-state index contributed by atoms with van der Waals surface area (Å²) in [5.74, 6) is -3.22. The third kappa shape index (κ3) is 7.13. The van der Waals surface area contributed by atoms with Crippen molar-refractivity contribution < 1.29 is 27.5 Å². The fourth-order valence-electron chi connectivity index (χ4n) is 2.01. The van der Waals surface area contributed by atoms with Crippen LogP contribution >= 0.6 is 0 Å². The van der Waals surface area contributed by atoms with Crippen LogP contribution < -0.4 is 4.74 Å². The Morgan fingerprint density at radius 3 is 2.00 bits per heavy atom. The highest BCUT2D eigenvalue weighted by atomic mass is 19.2. The van der Waals surface area contributed by atoms with Gasteiger partial charge >= 0.3 is 0 Å². The van der Waals surface area contributed by atoms with Gasteiger partial charge in [0, 0.05) is 25.2 Å². The Labute approximate surface area is 157 Å². The summed E-state index contributed by atoms with van der Waals surface area (Å²) in [5.41, 5.74) is 0.401. The number of nitrogens with zero attached hydrogens (tertiary/aromatic N) is 1. The molecular weight excluding hydrogens is 359 g/mol. The van der Waals surface area contributed by atoms with Crippen LogP contribution in [0.1, 0.15) is 23.6 Å². The molecule has 2 rings (SSSR count). The third-order valence-electron chi connectivity index (χ3n) is 3.38. The van der Waals surface area contributed by atoms with Crippen molar-refractivity contribution >= 4 is 13.2 Å². The van der Waals surface area contributed by atoms with E-state index in [0.717, 1.165) is 12.0 Å². The third-order valence-corrected chi connectivity index (χ3v) is 3.38. The molecule has 0 spiro atoms. The van der Waals surface area contributed by atoms with E-state index in [1.807, 2.05) is 37.1 Å². The Kier molecular flexibility index (Phi) is 11.2. The molecule has 0 aromatic heterocycles. The van der Waals surface area contributed by atoms with Crippen LogP contribution in [-0.4, -0.2) is 32.2 Å². The van der Waals surface area contributed by atoms with Crippen LogP contribution in [-0.2, 0) is 22.6 Å². The van der Waals surface area contributed by atoms with Crippen LogP contribution in [0.15, 0.2) is 30.3 Å². The van der Waals surface area contributed by atoms with Gasteiger partial charge in [-0.05, 0) is 18.9 Å². The highest BCUT2D eigenvalue weighted by Crippen LogP contribution is 2.31. The lowest BCUT2D eigenvalue weighted by Gasteiger charge is -2.14. The van der Waals surface area contributed by atoms with E-state index in [9.17, 15) is 18.0 Å². The molecule has 27 heavy (non-hydrogen) atoms. The predicted molar refractivity (Wildman–Crippen MR) is 98.1 cm³/mol. The minimum atomic E-state index is -1.13. The van der Waals surface area contributed by atoms with Crippen molar-refractivity contribution in [2.24, 2.45) is 0 Å². The van der Waals surface area contributed by atoms with Gasteiger partial charge in [-0.3, -0.25) is 4.79 Å². The number of halogens is 3. The molecule has 1 amide bonds. The van der Waals surface area contributed by atoms with E-state index in [1.165, 1.54) is 11.8 Å². The lowest BCUT2D eigenvalue weighted by molar-refractivity contribution is -0.115. The summed E-state index contributed by atoms with van der Waals surface area (Å²) in [6.07, 6.45) is 0.816. The van der Waals surface area contributed by atoms with E-state index >= 15 is 0 Å². The molecule has 2 aromatic carbocycles. The van der Waals surface area contributed by atoms with Crippen molar-refractivity contribution in [3.63, 3.8) is 0 Å². The van der Waals surface area contributed by atoms with Gasteiger partial charge in [0.2, 0.25) is 6.41 Å². The van der Waals surface area contributed by atoms with E-state index in [4.69, 9.17) is 9.53 Å². The molecule has 0 atom stereocenters. The molecule has 7 heteroatoms. The molecule has 0 saturated heterocycles. The average molecular weight is 383 g/mol. The lowest BCUT2D eigenvalue weighted by atomic mass is 10.1. The molecule has 4 nitrogen and oxygen atoms in total. The number of benzene rings is 2. The number of hydrogen-bond acceptors (Lipinski definition) is 3. The predicted octanol–water partition coefficient (Wildman–Crippen LogP) is 4.07. The molecule has 0 aliphatic heterocycles. The van der Waals surface area contributed by atoms with E-state index < -0.39 is 17.5 Å². The van der Waals surface area contributed by atoms with Crippen molar-refractivity contribution in [2.75, 3.05) is 14.1 Å². The number of ether oxygens (including phenoxy) is 1. The molecule has 148 valence electrons. The fraction of sp³-hybridized carbons (Fsp3) is 0.300. The second-order valence-corrected chi connectivity index (χ2v) is 5.57. The number of hydrogen-bond donors (Lipinski definition) is 0. The summed E-state index contributed by atoms with van der Waals surface area (Å²) >= 11 is 0. The van der Waals surface area contributed by atoms with Crippen molar-refractivity contribution in [3.8, 4) is 5.75 Å². The zero-order chi connectivity index (χ0) is 21.0. The number of amides is 1. The summed E-state index contributed by atoms with van der Waals surface area (Å²) in [6.45, 7) is 4.98. The van der Waals surface area contributed by atoms with Gasteiger partial charge in [0.1, 0.15) is 13.4 Å². The Morgan fingerprint density at radius 1 is 1.04 bits per heavy atom. The van der Waals surface area contributed by atoms with Crippen LogP contribution in [0.25, 0.3) is 0 Å². The normalized spacial score (nSPS) is 9.30. The molecule has 0 aliphatic carbocycles. The molecule has 0 bridgehead atoms. The van der Waals surface area contributed by atoms with E-state index in [2.05, 4.69) is 0 Å². The van der Waals surface area contributed by atoms with Gasteiger partial charge in [-0.25, -0.2) is 13.2 Å². The van der Waals surface area contributed by atoms with Gasteiger partial charge in [0.15, 0.2) is 23.2 Å². The Bertz CT molecular complexity index is 722. The summed E-state index contributed by atoms with van der Waals surface area (Å²) < 4.78 is 46.8. The monoisotopic (exact) mass is 383 g/mol. The first-order chi connectivity index (χ1) is 12.8. The summed E-state index contributed by atoms with van der Waals surface area (Å²) in [6, 6.07) is 9.12. The molecular formula is C20H24F3NO3. The maximum Gasteiger partial charge on any atom is 0.209 e. The molecule has 2 aromatic rings. The van der Waals surface area contributed by atoms with Crippen LogP contribution in [0.2, 0.25) is 0 Å². The first-order valence-electron chi connectivity index (χ1n) is 8.06. The standard InChI is InChI=1S/C16H15F3O.C3H7NO.CH2O/c1-3-12-14(18)13(17)10(2)16(15(12)19)20-9-11-7-5-4-6-8-11;1-4(2)3-5;1-2/h4-8H,3,9H2,1-2H3;3H,1-2H3;1H2. The van der Waals surface area contributed by atoms with Gasteiger partial charge in [-0.15, -0.1) is 0 Å². The number of carbonyl (C=O) groups is 2. The summed E-state index contributed by atoms with van der Waals surface area (Å²) in [4.78, 5) is 18.9. The maximum atomic E-state index is 14.1. The van der Waals surface area contributed by atoms with Crippen LogP contribution in [0.5, 0.6) is 5.75 Å². The second-order valence-electron chi connectivity index (χ2n) is 5.57. The first-order valence-corrected chi connectivity index (χ1v) is 8.06. The van der Waals surface area contributed by atoms with Gasteiger partial charge in [-0.1, -0.05) is 37.3 Å². The molecule has 0 radical (unpaired) electrons. The zero-order valence-corrected chi connectivity index (χ0v) is 15.9. The molecule has 0 fully saturated rings. The number of rotatable bonds is 5. The van der Waals surface area contributed by atoms with Crippen molar-refractivity contribution in [3.05, 3.63) is 64.5 Å². The average Bonchev–Trinajstić information content (AvgIpc) is 2.69. The molecule has 0 saturated carbocycles. The number of carbonyl (C=O) groups excluding carboxylic acids is 2. The highest BCUT2D eigenvalue weighted by Gasteiger charge is 2.22.